The third-order valence-electron chi connectivity index (χ3n) is 2.84. The van der Waals surface area contributed by atoms with Crippen molar-refractivity contribution in [3.8, 4) is 0 Å². The topological polar surface area (TPSA) is 49.4 Å². The van der Waals surface area contributed by atoms with Gasteiger partial charge in [0, 0.05) is 0 Å². The summed E-state index contributed by atoms with van der Waals surface area (Å²) in [5.74, 6) is 1.18. The molecule has 0 bridgehead atoms. The molecule has 19 heavy (non-hydrogen) atoms. The first kappa shape index (κ1) is 13.3. The molecule has 0 aliphatic rings. The van der Waals surface area contributed by atoms with Crippen molar-refractivity contribution in [3.63, 3.8) is 0 Å². The van der Waals surface area contributed by atoms with Crippen LogP contribution in [0.25, 0.3) is 0 Å². The van der Waals surface area contributed by atoms with Crippen molar-refractivity contribution in [2.24, 2.45) is 4.99 Å². The van der Waals surface area contributed by atoms with Crippen LogP contribution in [-0.2, 0) is 5.41 Å². The molecule has 2 aromatic rings. The number of aliphatic imine (C=N–C) groups is 1. The molecule has 1 aromatic carbocycles. The number of hydrogen-bond acceptors (Lipinski definition) is 3. The lowest BCUT2D eigenvalue weighted by atomic mass is 9.87. The standard InChI is InChI=1S/C16H18N2O/c1-16(2,3)12-5-4-6-13(9-12)18-11-15-8-7-14(10-17)19-15/h4-11,17H,1-3H3. The second-order valence-corrected chi connectivity index (χ2v) is 5.44. The highest BCUT2D eigenvalue weighted by Gasteiger charge is 2.13. The average Bonchev–Trinajstić information content (AvgIpc) is 2.84. The van der Waals surface area contributed by atoms with Gasteiger partial charge in [0.2, 0.25) is 0 Å². The van der Waals surface area contributed by atoms with E-state index in [2.05, 4.69) is 37.9 Å². The monoisotopic (exact) mass is 254 g/mol. The van der Waals surface area contributed by atoms with Gasteiger partial charge in [0.05, 0.1) is 18.1 Å². The van der Waals surface area contributed by atoms with Gasteiger partial charge in [0.25, 0.3) is 0 Å². The molecule has 2 rings (SSSR count). The van der Waals surface area contributed by atoms with E-state index in [1.165, 1.54) is 11.8 Å². The highest BCUT2D eigenvalue weighted by Crippen LogP contribution is 2.25. The lowest BCUT2D eigenvalue weighted by Gasteiger charge is -2.18. The van der Waals surface area contributed by atoms with E-state index < -0.39 is 0 Å². The van der Waals surface area contributed by atoms with E-state index in [1.54, 1.807) is 18.3 Å². The second-order valence-electron chi connectivity index (χ2n) is 5.44. The number of nitrogens with one attached hydrogen (secondary N) is 1. The number of nitrogens with zero attached hydrogens (tertiary/aromatic N) is 1. The van der Waals surface area contributed by atoms with Crippen molar-refractivity contribution < 1.29 is 4.42 Å². The Bertz CT molecular complexity index is 603. The minimum absolute atomic E-state index is 0.115. The Morgan fingerprint density at radius 2 is 1.84 bits per heavy atom. The molecule has 1 heterocycles. The minimum atomic E-state index is 0.115. The predicted octanol–water partition coefficient (Wildman–Crippen LogP) is 4.33. The normalized spacial score (nSPS) is 11.9. The largest absolute Gasteiger partial charge is 0.454 e. The maximum atomic E-state index is 7.09. The van der Waals surface area contributed by atoms with Crippen LogP contribution in [0, 0.1) is 5.41 Å². The third kappa shape index (κ3) is 3.41. The number of benzene rings is 1. The maximum Gasteiger partial charge on any atom is 0.145 e. The summed E-state index contributed by atoms with van der Waals surface area (Å²) in [5.41, 5.74) is 2.27. The van der Waals surface area contributed by atoms with Crippen molar-refractivity contribution >= 4 is 18.1 Å². The van der Waals surface area contributed by atoms with Crippen LogP contribution in [0.15, 0.2) is 45.8 Å². The van der Waals surface area contributed by atoms with Crippen LogP contribution in [0.1, 0.15) is 37.9 Å². The Kier molecular flexibility index (Phi) is 3.65. The van der Waals surface area contributed by atoms with Crippen LogP contribution in [0.4, 0.5) is 5.69 Å². The molecule has 1 N–H and O–H groups in total. The van der Waals surface area contributed by atoms with Crippen molar-refractivity contribution in [2.75, 3.05) is 0 Å². The first-order chi connectivity index (χ1) is 8.99. The molecular formula is C16H18N2O. The highest BCUT2D eigenvalue weighted by atomic mass is 16.3. The first-order valence-electron chi connectivity index (χ1n) is 6.24. The Morgan fingerprint density at radius 1 is 1.11 bits per heavy atom. The summed E-state index contributed by atoms with van der Waals surface area (Å²) in [6, 6.07) is 11.7. The van der Waals surface area contributed by atoms with E-state index >= 15 is 0 Å². The smallest absolute Gasteiger partial charge is 0.145 e. The van der Waals surface area contributed by atoms with E-state index in [0.717, 1.165) is 5.69 Å². The quantitative estimate of drug-likeness (QED) is 0.814. The third-order valence-corrected chi connectivity index (χ3v) is 2.84. The SMILES string of the molecule is CC(C)(C)c1cccc(N=Cc2ccc(C=N)o2)c1. The van der Waals surface area contributed by atoms with Crippen molar-refractivity contribution in [1.29, 1.82) is 5.41 Å². The zero-order chi connectivity index (χ0) is 13.9. The van der Waals surface area contributed by atoms with Gasteiger partial charge in [-0.05, 0) is 35.2 Å². The molecule has 0 aliphatic carbocycles. The highest BCUT2D eigenvalue weighted by molar-refractivity contribution is 5.81. The molecule has 0 saturated carbocycles. The first-order valence-corrected chi connectivity index (χ1v) is 6.24. The van der Waals surface area contributed by atoms with E-state index in [-0.39, 0.29) is 5.41 Å². The summed E-state index contributed by atoms with van der Waals surface area (Å²) >= 11 is 0. The molecule has 1 aromatic heterocycles. The summed E-state index contributed by atoms with van der Waals surface area (Å²) < 4.78 is 5.36. The Hall–Kier alpha value is -2.16. The van der Waals surface area contributed by atoms with Gasteiger partial charge in [-0.25, -0.2) is 0 Å². The van der Waals surface area contributed by atoms with E-state index in [9.17, 15) is 0 Å². The van der Waals surface area contributed by atoms with E-state index in [1.807, 2.05) is 12.1 Å². The fourth-order valence-electron chi connectivity index (χ4n) is 1.71. The molecule has 0 amide bonds. The maximum absolute atomic E-state index is 7.09. The fraction of sp³-hybridized carbons (Fsp3) is 0.250. The molecule has 0 atom stereocenters. The lowest BCUT2D eigenvalue weighted by Crippen LogP contribution is -2.10. The van der Waals surface area contributed by atoms with Gasteiger partial charge in [0.1, 0.15) is 11.5 Å². The van der Waals surface area contributed by atoms with Gasteiger partial charge in [-0.2, -0.15) is 0 Å². The summed E-state index contributed by atoms with van der Waals surface area (Å²) in [6.45, 7) is 6.54. The summed E-state index contributed by atoms with van der Waals surface area (Å²) in [6.07, 6.45) is 2.85. The Labute approximate surface area is 113 Å². The fourth-order valence-corrected chi connectivity index (χ4v) is 1.71. The number of hydrogen-bond donors (Lipinski definition) is 1. The van der Waals surface area contributed by atoms with Crippen LogP contribution in [0.2, 0.25) is 0 Å². The Balaban J connectivity index is 2.21. The second kappa shape index (κ2) is 5.22. The summed E-state index contributed by atoms with van der Waals surface area (Å²) in [7, 11) is 0. The molecule has 0 aliphatic heterocycles. The predicted molar refractivity (Wildman–Crippen MR) is 79.0 cm³/mol. The van der Waals surface area contributed by atoms with E-state index in [0.29, 0.717) is 11.5 Å². The van der Waals surface area contributed by atoms with Gasteiger partial charge in [0.15, 0.2) is 0 Å². The van der Waals surface area contributed by atoms with E-state index in [4.69, 9.17) is 9.83 Å². The van der Waals surface area contributed by atoms with Crippen LogP contribution < -0.4 is 0 Å². The van der Waals surface area contributed by atoms with Crippen molar-refractivity contribution in [1.82, 2.24) is 0 Å². The van der Waals surface area contributed by atoms with Gasteiger partial charge >= 0.3 is 0 Å². The van der Waals surface area contributed by atoms with Gasteiger partial charge in [-0.3, -0.25) is 4.99 Å². The molecule has 98 valence electrons. The zero-order valence-electron chi connectivity index (χ0n) is 11.5. The lowest BCUT2D eigenvalue weighted by molar-refractivity contribution is 0.553. The van der Waals surface area contributed by atoms with Crippen LogP contribution in [-0.4, -0.2) is 12.4 Å². The minimum Gasteiger partial charge on any atom is -0.454 e. The summed E-state index contributed by atoms with van der Waals surface area (Å²) in [5, 5.41) is 7.09. The van der Waals surface area contributed by atoms with Crippen molar-refractivity contribution in [2.45, 2.75) is 26.2 Å². The van der Waals surface area contributed by atoms with Crippen LogP contribution >= 0.6 is 0 Å². The molecule has 3 nitrogen and oxygen atoms in total. The molecule has 0 saturated heterocycles. The van der Waals surface area contributed by atoms with Gasteiger partial charge in [-0.1, -0.05) is 32.9 Å². The average molecular weight is 254 g/mol. The van der Waals surface area contributed by atoms with Crippen LogP contribution in [0.5, 0.6) is 0 Å². The number of furan rings is 1. The van der Waals surface area contributed by atoms with Gasteiger partial charge in [-0.15, -0.1) is 0 Å². The molecular weight excluding hydrogens is 236 g/mol. The zero-order valence-corrected chi connectivity index (χ0v) is 11.5. The molecule has 0 radical (unpaired) electrons. The van der Waals surface area contributed by atoms with Gasteiger partial charge < -0.3 is 9.83 Å². The van der Waals surface area contributed by atoms with Crippen LogP contribution in [0.3, 0.4) is 0 Å². The molecule has 0 spiro atoms. The molecule has 0 unspecified atom stereocenters. The summed E-state index contributed by atoms with van der Waals surface area (Å²) in [4.78, 5) is 4.40. The molecule has 0 fully saturated rings. The Morgan fingerprint density at radius 3 is 2.47 bits per heavy atom. The number of rotatable bonds is 3. The molecule has 3 heteroatoms. The van der Waals surface area contributed by atoms with Crippen molar-refractivity contribution in [3.05, 3.63) is 53.5 Å².